The molecule has 208 valence electrons. The van der Waals surface area contributed by atoms with Crippen LogP contribution in [-0.4, -0.2) is 84.9 Å². The van der Waals surface area contributed by atoms with Crippen LogP contribution in [0.3, 0.4) is 0 Å². The van der Waals surface area contributed by atoms with Crippen molar-refractivity contribution in [1.82, 2.24) is 19.1 Å². The molecule has 1 aromatic carbocycles. The van der Waals surface area contributed by atoms with Gasteiger partial charge in [0.15, 0.2) is 0 Å². The fourth-order valence-electron chi connectivity index (χ4n) is 6.22. The first-order chi connectivity index (χ1) is 18.9. The molecule has 10 nitrogen and oxygen atoms in total. The lowest BCUT2D eigenvalue weighted by Crippen LogP contribution is -2.50. The average Bonchev–Trinajstić information content (AvgIpc) is 3.54. The second-order valence-corrected chi connectivity index (χ2v) is 12.7. The second kappa shape index (κ2) is 10.5. The molecule has 3 aliphatic heterocycles. The number of sulfonamides is 1. The lowest BCUT2D eigenvalue weighted by molar-refractivity contribution is -0.125. The predicted octanol–water partition coefficient (Wildman–Crippen LogP) is 3.19. The maximum Gasteiger partial charge on any atom is 0.328 e. The standard InChI is InChI=1S/C28H35N5O5S/c34-26-28(30-25(29-26)22-5-2-1-3-6-22)11-14-32(15-12-28)39(36,37)20-10-21-7-4-8-24-23(21)9-13-33(24)27(35)31-16-18-38-19-17-31/h4,7-10,13,20,22H,1-3,5-6,11-12,14-19H2,(H,29,30,34). The van der Waals surface area contributed by atoms with Gasteiger partial charge in [-0.25, -0.2) is 13.2 Å². The predicted molar refractivity (Wildman–Crippen MR) is 149 cm³/mol. The minimum atomic E-state index is -3.70. The van der Waals surface area contributed by atoms with E-state index in [1.54, 1.807) is 21.7 Å². The first-order valence-corrected chi connectivity index (χ1v) is 15.4. The Morgan fingerprint density at radius 1 is 1.05 bits per heavy atom. The highest BCUT2D eigenvalue weighted by Crippen LogP contribution is 2.35. The van der Waals surface area contributed by atoms with Gasteiger partial charge in [0, 0.05) is 49.1 Å². The van der Waals surface area contributed by atoms with Crippen molar-refractivity contribution >= 4 is 44.8 Å². The summed E-state index contributed by atoms with van der Waals surface area (Å²) in [5, 5.41) is 5.06. The molecule has 11 heteroatoms. The number of nitrogens with zero attached hydrogens (tertiary/aromatic N) is 4. The molecule has 2 aromatic rings. The molecule has 0 radical (unpaired) electrons. The highest BCUT2D eigenvalue weighted by molar-refractivity contribution is 7.92. The maximum atomic E-state index is 13.2. The Morgan fingerprint density at radius 3 is 2.54 bits per heavy atom. The molecule has 4 aliphatic rings. The monoisotopic (exact) mass is 553 g/mol. The fraction of sp³-hybridized carbons (Fsp3) is 0.536. The van der Waals surface area contributed by atoms with Crippen molar-refractivity contribution in [2.45, 2.75) is 50.5 Å². The van der Waals surface area contributed by atoms with E-state index in [0.29, 0.717) is 45.1 Å². The lowest BCUT2D eigenvalue weighted by atomic mass is 9.88. The highest BCUT2D eigenvalue weighted by Gasteiger charge is 2.48. The molecule has 39 heavy (non-hydrogen) atoms. The van der Waals surface area contributed by atoms with Crippen LogP contribution in [0.5, 0.6) is 0 Å². The molecule has 6 rings (SSSR count). The first kappa shape index (κ1) is 26.2. The van der Waals surface area contributed by atoms with Gasteiger partial charge in [0.25, 0.3) is 5.91 Å². The number of hydrogen-bond acceptors (Lipinski definition) is 6. The zero-order valence-electron chi connectivity index (χ0n) is 22.0. The molecule has 1 aromatic heterocycles. The molecular weight excluding hydrogens is 518 g/mol. The third-order valence-corrected chi connectivity index (χ3v) is 10.1. The van der Waals surface area contributed by atoms with Crippen LogP contribution in [0, 0.1) is 5.92 Å². The summed E-state index contributed by atoms with van der Waals surface area (Å²) in [7, 11) is -3.70. The largest absolute Gasteiger partial charge is 0.378 e. The third kappa shape index (κ3) is 5.03. The van der Waals surface area contributed by atoms with Gasteiger partial charge in [0.1, 0.15) is 11.4 Å². The van der Waals surface area contributed by atoms with Gasteiger partial charge >= 0.3 is 6.03 Å². The Labute approximate surface area is 228 Å². The number of hydrogen-bond donors (Lipinski definition) is 1. The SMILES string of the molecule is O=C(N1CCOCC1)n1ccc2c(C=CS(=O)(=O)N3CCC4(CC3)N=C(C3CCCCC3)NC4=O)cccc21. The van der Waals surface area contributed by atoms with Crippen molar-refractivity contribution < 1.29 is 22.7 Å². The number of morpholine rings is 1. The van der Waals surface area contributed by atoms with Gasteiger partial charge in [-0.3, -0.25) is 14.4 Å². The summed E-state index contributed by atoms with van der Waals surface area (Å²) in [6, 6.07) is 7.24. The van der Waals surface area contributed by atoms with E-state index in [0.717, 1.165) is 48.0 Å². The molecule has 3 fully saturated rings. The molecule has 1 N–H and O–H groups in total. The summed E-state index contributed by atoms with van der Waals surface area (Å²) in [5.74, 6) is 1.04. The number of benzene rings is 1. The molecule has 1 saturated carbocycles. The quantitative estimate of drug-likeness (QED) is 0.625. The summed E-state index contributed by atoms with van der Waals surface area (Å²) in [6.45, 7) is 2.62. The topological polar surface area (TPSA) is 113 Å². The Morgan fingerprint density at radius 2 is 1.79 bits per heavy atom. The molecule has 0 bridgehead atoms. The van der Waals surface area contributed by atoms with Crippen LogP contribution >= 0.6 is 0 Å². The van der Waals surface area contributed by atoms with Gasteiger partial charge < -0.3 is 15.0 Å². The third-order valence-electron chi connectivity index (χ3n) is 8.57. The Balaban J connectivity index is 1.15. The van der Waals surface area contributed by atoms with Crippen LogP contribution in [0.2, 0.25) is 0 Å². The Kier molecular flexibility index (Phi) is 7.07. The molecule has 4 heterocycles. The van der Waals surface area contributed by atoms with E-state index >= 15 is 0 Å². The van der Waals surface area contributed by atoms with E-state index < -0.39 is 15.6 Å². The van der Waals surface area contributed by atoms with Gasteiger partial charge in [0.05, 0.1) is 18.7 Å². The number of rotatable bonds is 4. The maximum absolute atomic E-state index is 13.2. The van der Waals surface area contributed by atoms with E-state index in [1.807, 2.05) is 24.3 Å². The van der Waals surface area contributed by atoms with Gasteiger partial charge in [-0.2, -0.15) is 4.31 Å². The summed E-state index contributed by atoms with van der Waals surface area (Å²) >= 11 is 0. The van der Waals surface area contributed by atoms with Crippen LogP contribution in [0.25, 0.3) is 17.0 Å². The van der Waals surface area contributed by atoms with Crippen LogP contribution in [0.15, 0.2) is 40.9 Å². The molecule has 1 spiro atoms. The number of piperidine rings is 1. The van der Waals surface area contributed by atoms with E-state index in [4.69, 9.17) is 9.73 Å². The molecular formula is C28H35N5O5S. The number of carbonyl (C=O) groups excluding carboxylic acids is 2. The van der Waals surface area contributed by atoms with Crippen molar-refractivity contribution in [2.75, 3.05) is 39.4 Å². The molecule has 0 atom stereocenters. The number of carbonyl (C=O) groups is 2. The number of nitrogens with one attached hydrogen (secondary N) is 1. The first-order valence-electron chi connectivity index (χ1n) is 13.9. The minimum absolute atomic E-state index is 0.0847. The molecule has 2 saturated heterocycles. The smallest absolute Gasteiger partial charge is 0.328 e. The summed E-state index contributed by atoms with van der Waals surface area (Å²) in [5.41, 5.74) is 0.601. The molecule has 0 unspecified atom stereocenters. The normalized spacial score (nSPS) is 23.0. The highest BCUT2D eigenvalue weighted by atomic mass is 32.2. The van der Waals surface area contributed by atoms with E-state index in [2.05, 4.69) is 5.32 Å². The van der Waals surface area contributed by atoms with Gasteiger partial charge in [0.2, 0.25) is 10.0 Å². The minimum Gasteiger partial charge on any atom is -0.378 e. The fourth-order valence-corrected chi connectivity index (χ4v) is 7.40. The van der Waals surface area contributed by atoms with Gasteiger partial charge in [-0.15, -0.1) is 0 Å². The van der Waals surface area contributed by atoms with Crippen molar-refractivity contribution in [3.63, 3.8) is 0 Å². The van der Waals surface area contributed by atoms with Crippen LogP contribution in [0.4, 0.5) is 4.79 Å². The summed E-state index contributed by atoms with van der Waals surface area (Å²) in [6.07, 6.45) is 9.74. The average molecular weight is 554 g/mol. The van der Waals surface area contributed by atoms with E-state index in [9.17, 15) is 18.0 Å². The van der Waals surface area contributed by atoms with Gasteiger partial charge in [-0.1, -0.05) is 31.4 Å². The number of aliphatic imine (C=N–C) groups is 1. The van der Waals surface area contributed by atoms with Crippen molar-refractivity contribution in [3.8, 4) is 0 Å². The van der Waals surface area contributed by atoms with Crippen molar-refractivity contribution in [3.05, 3.63) is 41.4 Å². The second-order valence-electron chi connectivity index (χ2n) is 10.9. The van der Waals surface area contributed by atoms with Crippen LogP contribution in [-0.2, 0) is 19.6 Å². The summed E-state index contributed by atoms with van der Waals surface area (Å²) in [4.78, 5) is 32.5. The number of amides is 2. The van der Waals surface area contributed by atoms with Crippen molar-refractivity contribution in [2.24, 2.45) is 10.9 Å². The van der Waals surface area contributed by atoms with Crippen molar-refractivity contribution in [1.29, 1.82) is 0 Å². The Bertz CT molecular complexity index is 1430. The van der Waals surface area contributed by atoms with Crippen LogP contribution in [0.1, 0.15) is 50.5 Å². The van der Waals surface area contributed by atoms with E-state index in [1.165, 1.54) is 16.1 Å². The lowest BCUT2D eigenvalue weighted by Gasteiger charge is -2.34. The number of ether oxygens (including phenoxy) is 1. The van der Waals surface area contributed by atoms with E-state index in [-0.39, 0.29) is 25.0 Å². The Hall–Kier alpha value is -3.02. The van der Waals surface area contributed by atoms with Gasteiger partial charge in [-0.05, 0) is 49.5 Å². The molecule has 2 amide bonds. The van der Waals surface area contributed by atoms with Crippen LogP contribution < -0.4 is 5.32 Å². The molecule has 1 aliphatic carbocycles. The number of amidine groups is 1. The number of aromatic nitrogens is 1. The number of fused-ring (bicyclic) bond motifs is 1. The zero-order valence-corrected chi connectivity index (χ0v) is 22.9. The summed E-state index contributed by atoms with van der Waals surface area (Å²) < 4.78 is 34.9. The zero-order chi connectivity index (χ0) is 27.0.